The predicted octanol–water partition coefficient (Wildman–Crippen LogP) is 1.19. The van der Waals surface area contributed by atoms with E-state index in [4.69, 9.17) is 0 Å². The lowest BCUT2D eigenvalue weighted by Gasteiger charge is -2.09. The Labute approximate surface area is 116 Å². The predicted molar refractivity (Wildman–Crippen MR) is 72.1 cm³/mol. The zero-order valence-electron chi connectivity index (χ0n) is 11.4. The third-order valence-electron chi connectivity index (χ3n) is 2.07. The Morgan fingerprint density at radius 1 is 1.47 bits per heavy atom. The largest absolute Gasteiger partial charge is 0.465 e. The fourth-order valence-corrected chi connectivity index (χ4v) is 2.15. The summed E-state index contributed by atoms with van der Waals surface area (Å²) in [4.78, 5) is 31.2. The SMILES string of the molecule is COC(=O)c1cnc(C)nc1SCC(=O)NC(C)C. The molecule has 0 saturated carbocycles. The van der Waals surface area contributed by atoms with E-state index < -0.39 is 5.97 Å². The molecular weight excluding hydrogens is 266 g/mol. The number of nitrogens with zero attached hydrogens (tertiary/aromatic N) is 2. The van der Waals surface area contributed by atoms with E-state index in [1.165, 1.54) is 25.1 Å². The Bertz CT molecular complexity index is 477. The molecule has 0 radical (unpaired) electrons. The summed E-state index contributed by atoms with van der Waals surface area (Å²) in [6.45, 7) is 5.49. The minimum Gasteiger partial charge on any atom is -0.465 e. The highest BCUT2D eigenvalue weighted by molar-refractivity contribution is 8.00. The van der Waals surface area contributed by atoms with Crippen molar-refractivity contribution >= 4 is 23.6 Å². The van der Waals surface area contributed by atoms with Crippen LogP contribution in [0, 0.1) is 6.92 Å². The monoisotopic (exact) mass is 283 g/mol. The van der Waals surface area contributed by atoms with E-state index in [2.05, 4.69) is 20.0 Å². The lowest BCUT2D eigenvalue weighted by Crippen LogP contribution is -2.31. The summed E-state index contributed by atoms with van der Waals surface area (Å²) in [6, 6.07) is 0.0836. The van der Waals surface area contributed by atoms with Crippen molar-refractivity contribution in [1.29, 1.82) is 0 Å². The highest BCUT2D eigenvalue weighted by Crippen LogP contribution is 2.20. The standard InChI is InChI=1S/C12H17N3O3S/c1-7(2)14-10(16)6-19-11-9(12(17)18-4)5-13-8(3)15-11/h5,7H,6H2,1-4H3,(H,14,16). The topological polar surface area (TPSA) is 81.2 Å². The Morgan fingerprint density at radius 3 is 2.74 bits per heavy atom. The van der Waals surface area contributed by atoms with Gasteiger partial charge in [-0.2, -0.15) is 0 Å². The van der Waals surface area contributed by atoms with Crippen molar-refractivity contribution in [2.75, 3.05) is 12.9 Å². The van der Waals surface area contributed by atoms with Crippen LogP contribution in [0.2, 0.25) is 0 Å². The molecule has 0 fully saturated rings. The summed E-state index contributed by atoms with van der Waals surface area (Å²) in [5.74, 6) is 0.122. The number of carbonyl (C=O) groups is 2. The molecule has 1 rings (SSSR count). The van der Waals surface area contributed by atoms with Gasteiger partial charge in [-0.25, -0.2) is 14.8 Å². The molecule has 7 heteroatoms. The molecule has 0 saturated heterocycles. The van der Waals surface area contributed by atoms with Crippen LogP contribution in [0.4, 0.5) is 0 Å². The van der Waals surface area contributed by atoms with Gasteiger partial charge in [0.2, 0.25) is 5.91 Å². The molecule has 104 valence electrons. The Kier molecular flexibility index (Phi) is 5.75. The Balaban J connectivity index is 2.79. The first kappa shape index (κ1) is 15.4. The van der Waals surface area contributed by atoms with Gasteiger partial charge in [0.1, 0.15) is 16.4 Å². The van der Waals surface area contributed by atoms with Crippen LogP contribution in [0.3, 0.4) is 0 Å². The summed E-state index contributed by atoms with van der Waals surface area (Å²) in [7, 11) is 1.29. The summed E-state index contributed by atoms with van der Waals surface area (Å²) in [5.41, 5.74) is 0.274. The van der Waals surface area contributed by atoms with Crippen LogP contribution >= 0.6 is 11.8 Å². The molecule has 0 atom stereocenters. The molecule has 6 nitrogen and oxygen atoms in total. The number of esters is 1. The average Bonchev–Trinajstić information content (AvgIpc) is 2.34. The van der Waals surface area contributed by atoms with E-state index in [-0.39, 0.29) is 23.3 Å². The second-order valence-corrected chi connectivity index (χ2v) is 5.10. The smallest absolute Gasteiger partial charge is 0.342 e. The number of thioether (sulfide) groups is 1. The Morgan fingerprint density at radius 2 is 2.16 bits per heavy atom. The summed E-state index contributed by atoms with van der Waals surface area (Å²) in [5, 5.41) is 3.23. The average molecular weight is 283 g/mol. The van der Waals surface area contributed by atoms with Crippen molar-refractivity contribution in [3.63, 3.8) is 0 Å². The van der Waals surface area contributed by atoms with Crippen molar-refractivity contribution in [3.8, 4) is 0 Å². The zero-order valence-corrected chi connectivity index (χ0v) is 12.2. The van der Waals surface area contributed by atoms with Crippen LogP contribution in [0.1, 0.15) is 30.0 Å². The van der Waals surface area contributed by atoms with Gasteiger partial charge in [-0.3, -0.25) is 4.79 Å². The van der Waals surface area contributed by atoms with Gasteiger partial charge < -0.3 is 10.1 Å². The first-order valence-electron chi connectivity index (χ1n) is 5.78. The zero-order chi connectivity index (χ0) is 14.4. The summed E-state index contributed by atoms with van der Waals surface area (Å²) in [6.07, 6.45) is 1.41. The number of ether oxygens (including phenoxy) is 1. The summed E-state index contributed by atoms with van der Waals surface area (Å²) >= 11 is 1.19. The lowest BCUT2D eigenvalue weighted by atomic mass is 10.3. The molecule has 1 N–H and O–H groups in total. The second kappa shape index (κ2) is 7.08. The fraction of sp³-hybridized carbons (Fsp3) is 0.500. The molecule has 0 bridgehead atoms. The van der Waals surface area contributed by atoms with Crippen LogP contribution in [-0.2, 0) is 9.53 Å². The van der Waals surface area contributed by atoms with E-state index in [9.17, 15) is 9.59 Å². The van der Waals surface area contributed by atoms with Crippen LogP contribution < -0.4 is 5.32 Å². The van der Waals surface area contributed by atoms with Crippen molar-refractivity contribution < 1.29 is 14.3 Å². The van der Waals surface area contributed by atoms with Crippen molar-refractivity contribution in [2.45, 2.75) is 31.8 Å². The maximum atomic E-state index is 11.6. The molecule has 0 aliphatic carbocycles. The molecular formula is C12H17N3O3S. The molecule has 0 aliphatic heterocycles. The van der Waals surface area contributed by atoms with E-state index in [0.29, 0.717) is 10.9 Å². The van der Waals surface area contributed by atoms with Gasteiger partial charge in [-0.15, -0.1) is 0 Å². The van der Waals surface area contributed by atoms with Gasteiger partial charge in [0.15, 0.2) is 0 Å². The van der Waals surface area contributed by atoms with E-state index >= 15 is 0 Å². The molecule has 1 aromatic heterocycles. The number of methoxy groups -OCH3 is 1. The second-order valence-electron chi connectivity index (χ2n) is 4.14. The number of hydrogen-bond donors (Lipinski definition) is 1. The van der Waals surface area contributed by atoms with Crippen LogP contribution in [0.25, 0.3) is 0 Å². The summed E-state index contributed by atoms with van der Waals surface area (Å²) < 4.78 is 4.66. The van der Waals surface area contributed by atoms with Crippen LogP contribution in [0.15, 0.2) is 11.2 Å². The number of aromatic nitrogens is 2. The fourth-order valence-electron chi connectivity index (χ4n) is 1.31. The molecule has 1 heterocycles. The minimum absolute atomic E-state index is 0.0836. The third-order valence-corrected chi connectivity index (χ3v) is 3.06. The molecule has 0 aromatic carbocycles. The number of carbonyl (C=O) groups excluding carboxylic acids is 2. The maximum absolute atomic E-state index is 11.6. The van der Waals surface area contributed by atoms with Gasteiger partial charge in [0.05, 0.1) is 12.9 Å². The molecule has 1 aromatic rings. The molecule has 0 unspecified atom stereocenters. The van der Waals surface area contributed by atoms with E-state index in [1.54, 1.807) is 6.92 Å². The number of aryl methyl sites for hydroxylation is 1. The van der Waals surface area contributed by atoms with Crippen LogP contribution in [-0.4, -0.2) is 40.7 Å². The third kappa shape index (κ3) is 4.86. The van der Waals surface area contributed by atoms with E-state index in [1.807, 2.05) is 13.8 Å². The number of hydrogen-bond acceptors (Lipinski definition) is 6. The lowest BCUT2D eigenvalue weighted by molar-refractivity contribution is -0.119. The minimum atomic E-state index is -0.508. The van der Waals surface area contributed by atoms with Crippen molar-refractivity contribution in [2.24, 2.45) is 0 Å². The first-order chi connectivity index (χ1) is 8.93. The van der Waals surface area contributed by atoms with Crippen molar-refractivity contribution in [1.82, 2.24) is 15.3 Å². The molecule has 1 amide bonds. The molecule has 19 heavy (non-hydrogen) atoms. The van der Waals surface area contributed by atoms with Crippen molar-refractivity contribution in [3.05, 3.63) is 17.6 Å². The number of nitrogens with one attached hydrogen (secondary N) is 1. The highest BCUT2D eigenvalue weighted by Gasteiger charge is 2.16. The van der Waals surface area contributed by atoms with E-state index in [0.717, 1.165) is 0 Å². The molecule has 0 aliphatic rings. The number of amides is 1. The van der Waals surface area contributed by atoms with Gasteiger partial charge in [-0.05, 0) is 20.8 Å². The quantitative estimate of drug-likeness (QED) is 0.496. The highest BCUT2D eigenvalue weighted by atomic mass is 32.2. The number of rotatable bonds is 5. The van der Waals surface area contributed by atoms with Gasteiger partial charge >= 0.3 is 5.97 Å². The van der Waals surface area contributed by atoms with Gasteiger partial charge in [0, 0.05) is 12.2 Å². The van der Waals surface area contributed by atoms with Gasteiger partial charge in [0.25, 0.3) is 0 Å². The maximum Gasteiger partial charge on any atom is 0.342 e. The van der Waals surface area contributed by atoms with Gasteiger partial charge in [-0.1, -0.05) is 11.8 Å². The Hall–Kier alpha value is -1.63. The van der Waals surface area contributed by atoms with Crippen LogP contribution in [0.5, 0.6) is 0 Å². The normalized spacial score (nSPS) is 10.4. The first-order valence-corrected chi connectivity index (χ1v) is 6.76. The molecule has 0 spiro atoms.